The summed E-state index contributed by atoms with van der Waals surface area (Å²) < 4.78 is 5.23. The molecule has 0 aliphatic rings. The van der Waals surface area contributed by atoms with Crippen LogP contribution in [0.3, 0.4) is 0 Å². The van der Waals surface area contributed by atoms with Crippen molar-refractivity contribution in [2.75, 3.05) is 12.2 Å². The fraction of sp³-hybridized carbons (Fsp3) is 0.462. The number of para-hydroxylation sites is 1. The summed E-state index contributed by atoms with van der Waals surface area (Å²) in [5.41, 5.74) is 2.32. The molecule has 0 aliphatic carbocycles. The van der Waals surface area contributed by atoms with E-state index in [0.717, 1.165) is 5.69 Å². The van der Waals surface area contributed by atoms with E-state index < -0.39 is 0 Å². The van der Waals surface area contributed by atoms with Crippen LogP contribution in [0.15, 0.2) is 29.3 Å². The fourth-order valence-corrected chi connectivity index (χ4v) is 1.61. The molecular weight excluding hydrogens is 218 g/mol. The van der Waals surface area contributed by atoms with Crippen molar-refractivity contribution in [1.29, 1.82) is 0 Å². The van der Waals surface area contributed by atoms with E-state index >= 15 is 0 Å². The molecule has 1 rings (SSSR count). The van der Waals surface area contributed by atoms with Gasteiger partial charge in [0.1, 0.15) is 5.94 Å². The quantitative estimate of drug-likeness (QED) is 0.342. The summed E-state index contributed by atoms with van der Waals surface area (Å²) in [7, 11) is 0. The van der Waals surface area contributed by atoms with Gasteiger partial charge in [-0.2, -0.15) is 0 Å². The van der Waals surface area contributed by atoms with Crippen molar-refractivity contribution in [2.24, 2.45) is 4.99 Å². The summed E-state index contributed by atoms with van der Waals surface area (Å²) in [5, 5.41) is 0. The fourth-order valence-electron chi connectivity index (χ4n) is 1.41. The third kappa shape index (κ3) is 3.89. The van der Waals surface area contributed by atoms with Crippen molar-refractivity contribution in [1.82, 2.24) is 0 Å². The Labute approximate surface area is 102 Å². The summed E-state index contributed by atoms with van der Waals surface area (Å²) >= 11 is 1.63. The zero-order chi connectivity index (χ0) is 12.0. The highest BCUT2D eigenvalue weighted by atomic mass is 32.2. The van der Waals surface area contributed by atoms with Crippen molar-refractivity contribution in [2.45, 2.75) is 26.2 Å². The molecule has 0 saturated carbocycles. The Morgan fingerprint density at radius 3 is 2.62 bits per heavy atom. The molecule has 0 unspecified atom stereocenters. The second kappa shape index (κ2) is 5.94. The standard InChI is InChI=1S/C13H19NOS/c1-13(2,3)11-7-5-6-8-12(11)14-9-15-10-16-4/h5-9H,10H2,1-4H3. The maximum atomic E-state index is 5.23. The number of ether oxygens (including phenoxy) is 1. The summed E-state index contributed by atoms with van der Waals surface area (Å²) in [6.07, 6.45) is 3.53. The van der Waals surface area contributed by atoms with Crippen molar-refractivity contribution < 1.29 is 4.74 Å². The van der Waals surface area contributed by atoms with Crippen LogP contribution in [0.1, 0.15) is 26.3 Å². The van der Waals surface area contributed by atoms with E-state index in [-0.39, 0.29) is 5.41 Å². The van der Waals surface area contributed by atoms with Crippen LogP contribution in [0.2, 0.25) is 0 Å². The molecule has 0 spiro atoms. The van der Waals surface area contributed by atoms with Crippen molar-refractivity contribution in [3.63, 3.8) is 0 Å². The van der Waals surface area contributed by atoms with Gasteiger partial charge in [0.15, 0.2) is 6.40 Å². The molecule has 0 saturated heterocycles. The Morgan fingerprint density at radius 2 is 2.00 bits per heavy atom. The highest BCUT2D eigenvalue weighted by molar-refractivity contribution is 7.98. The van der Waals surface area contributed by atoms with E-state index in [0.29, 0.717) is 5.94 Å². The molecule has 0 aromatic heterocycles. The van der Waals surface area contributed by atoms with Crippen LogP contribution in [0.5, 0.6) is 0 Å². The number of hydrogen-bond acceptors (Lipinski definition) is 3. The highest BCUT2D eigenvalue weighted by Gasteiger charge is 2.16. The molecule has 1 aromatic carbocycles. The second-order valence-corrected chi connectivity index (χ2v) is 5.39. The largest absolute Gasteiger partial charge is 0.473 e. The summed E-state index contributed by atoms with van der Waals surface area (Å²) in [6.45, 7) is 6.55. The van der Waals surface area contributed by atoms with E-state index in [2.05, 4.69) is 31.8 Å². The molecule has 0 radical (unpaired) electrons. The summed E-state index contributed by atoms with van der Waals surface area (Å²) in [4.78, 5) is 4.35. The monoisotopic (exact) mass is 237 g/mol. The lowest BCUT2D eigenvalue weighted by atomic mass is 9.86. The van der Waals surface area contributed by atoms with E-state index in [1.807, 2.05) is 24.5 Å². The Hall–Kier alpha value is -0.960. The van der Waals surface area contributed by atoms with Crippen LogP contribution in [0, 0.1) is 0 Å². The van der Waals surface area contributed by atoms with Gasteiger partial charge in [-0.25, -0.2) is 4.99 Å². The minimum Gasteiger partial charge on any atom is -0.473 e. The minimum atomic E-state index is 0.105. The molecule has 0 aliphatic heterocycles. The molecule has 0 heterocycles. The molecule has 88 valence electrons. The Balaban J connectivity index is 2.83. The predicted octanol–water partition coefficient (Wildman–Crippen LogP) is 3.98. The lowest BCUT2D eigenvalue weighted by molar-refractivity contribution is 0.400. The molecule has 0 fully saturated rings. The van der Waals surface area contributed by atoms with Gasteiger partial charge in [0.05, 0.1) is 5.69 Å². The third-order valence-corrected chi connectivity index (χ3v) is 2.54. The summed E-state index contributed by atoms with van der Waals surface area (Å²) in [6, 6.07) is 8.17. The molecule has 0 amide bonds. The van der Waals surface area contributed by atoms with Crippen LogP contribution < -0.4 is 0 Å². The summed E-state index contributed by atoms with van der Waals surface area (Å²) in [5.74, 6) is 0.640. The van der Waals surface area contributed by atoms with Gasteiger partial charge in [-0.3, -0.25) is 0 Å². The number of hydrogen-bond donors (Lipinski definition) is 0. The second-order valence-electron chi connectivity index (χ2n) is 4.57. The normalized spacial score (nSPS) is 12.0. The lowest BCUT2D eigenvalue weighted by Crippen LogP contribution is -2.11. The van der Waals surface area contributed by atoms with Gasteiger partial charge in [-0.15, -0.1) is 11.8 Å². The van der Waals surface area contributed by atoms with Crippen LogP contribution in [-0.2, 0) is 10.2 Å². The van der Waals surface area contributed by atoms with E-state index in [1.54, 1.807) is 11.8 Å². The third-order valence-electron chi connectivity index (χ3n) is 2.16. The van der Waals surface area contributed by atoms with Gasteiger partial charge in [-0.05, 0) is 23.3 Å². The first-order chi connectivity index (χ1) is 7.55. The maximum absolute atomic E-state index is 5.23. The predicted molar refractivity (Wildman–Crippen MR) is 72.8 cm³/mol. The minimum absolute atomic E-state index is 0.105. The van der Waals surface area contributed by atoms with Crippen LogP contribution in [0.25, 0.3) is 0 Å². The number of thioether (sulfide) groups is 1. The SMILES string of the molecule is CSCOC=Nc1ccccc1C(C)(C)C. The van der Waals surface area contributed by atoms with Crippen LogP contribution >= 0.6 is 11.8 Å². The molecule has 0 atom stereocenters. The lowest BCUT2D eigenvalue weighted by Gasteiger charge is -2.20. The van der Waals surface area contributed by atoms with E-state index in [1.165, 1.54) is 12.0 Å². The number of rotatable bonds is 4. The average Bonchev–Trinajstić information content (AvgIpc) is 2.24. The molecular formula is C13H19NOS. The molecule has 2 nitrogen and oxygen atoms in total. The van der Waals surface area contributed by atoms with Gasteiger partial charge in [0.25, 0.3) is 0 Å². The van der Waals surface area contributed by atoms with E-state index in [9.17, 15) is 0 Å². The first-order valence-corrected chi connectivity index (χ1v) is 6.67. The first kappa shape index (κ1) is 13.1. The van der Waals surface area contributed by atoms with Crippen molar-refractivity contribution in [3.8, 4) is 0 Å². The van der Waals surface area contributed by atoms with Gasteiger partial charge in [0.2, 0.25) is 0 Å². The Kier molecular flexibility index (Phi) is 4.87. The zero-order valence-corrected chi connectivity index (χ0v) is 11.2. The van der Waals surface area contributed by atoms with Crippen molar-refractivity contribution >= 4 is 23.8 Å². The first-order valence-electron chi connectivity index (χ1n) is 5.28. The van der Waals surface area contributed by atoms with Crippen LogP contribution in [-0.4, -0.2) is 18.6 Å². The van der Waals surface area contributed by atoms with Gasteiger partial charge >= 0.3 is 0 Å². The average molecular weight is 237 g/mol. The maximum Gasteiger partial charge on any atom is 0.175 e. The molecule has 0 N–H and O–H groups in total. The number of nitrogens with zero attached hydrogens (tertiary/aromatic N) is 1. The van der Waals surface area contributed by atoms with Gasteiger partial charge < -0.3 is 4.74 Å². The topological polar surface area (TPSA) is 21.6 Å². The van der Waals surface area contributed by atoms with Crippen LogP contribution in [0.4, 0.5) is 5.69 Å². The highest BCUT2D eigenvalue weighted by Crippen LogP contribution is 2.30. The molecule has 1 aromatic rings. The zero-order valence-electron chi connectivity index (χ0n) is 10.4. The molecule has 16 heavy (non-hydrogen) atoms. The van der Waals surface area contributed by atoms with Crippen molar-refractivity contribution in [3.05, 3.63) is 29.8 Å². The number of aliphatic imine (C=N–C) groups is 1. The smallest absolute Gasteiger partial charge is 0.175 e. The molecule has 0 bridgehead atoms. The van der Waals surface area contributed by atoms with Gasteiger partial charge in [0, 0.05) is 0 Å². The molecule has 3 heteroatoms. The van der Waals surface area contributed by atoms with E-state index in [4.69, 9.17) is 4.74 Å². The van der Waals surface area contributed by atoms with Gasteiger partial charge in [-0.1, -0.05) is 39.0 Å². The number of benzene rings is 1. The Morgan fingerprint density at radius 1 is 1.31 bits per heavy atom. The Bertz CT molecular complexity index is 355.